The molecular weight excluding hydrogens is 262 g/mol. The predicted molar refractivity (Wildman–Crippen MR) is 83.7 cm³/mol. The molecule has 0 saturated heterocycles. The van der Waals surface area contributed by atoms with Gasteiger partial charge in [0.05, 0.1) is 0 Å². The third kappa shape index (κ3) is 2.63. The third-order valence-corrected chi connectivity index (χ3v) is 3.52. The Labute approximate surface area is 122 Å². The summed E-state index contributed by atoms with van der Waals surface area (Å²) in [6.45, 7) is 0. The van der Waals surface area contributed by atoms with Crippen molar-refractivity contribution in [2.24, 2.45) is 0 Å². The molecule has 1 aliphatic rings. The van der Waals surface area contributed by atoms with E-state index >= 15 is 0 Å². The number of rotatable bonds is 4. The lowest BCUT2D eigenvalue weighted by Crippen LogP contribution is -2.04. The van der Waals surface area contributed by atoms with E-state index in [2.05, 4.69) is 37.7 Å². The Bertz CT molecular complexity index is 777. The first-order valence-electron chi connectivity index (χ1n) is 7.08. The normalized spacial score (nSPS) is 14.1. The lowest BCUT2D eigenvalue weighted by Gasteiger charge is -2.09. The number of benzene rings is 1. The molecule has 0 bridgehead atoms. The maximum atomic E-state index is 4.41. The summed E-state index contributed by atoms with van der Waals surface area (Å²) < 4.78 is 0. The van der Waals surface area contributed by atoms with Crippen LogP contribution in [0.15, 0.2) is 48.9 Å². The fraction of sp³-hybridized carbons (Fsp3) is 0.188. The van der Waals surface area contributed by atoms with Crippen molar-refractivity contribution >= 4 is 28.2 Å². The maximum Gasteiger partial charge on any atom is 0.139 e. The van der Waals surface area contributed by atoms with Crippen molar-refractivity contribution in [1.29, 1.82) is 0 Å². The number of anilines is 3. The molecule has 0 unspecified atom stereocenters. The lowest BCUT2D eigenvalue weighted by molar-refractivity contribution is 1.08. The second kappa shape index (κ2) is 5.01. The van der Waals surface area contributed by atoms with E-state index in [1.807, 2.05) is 24.3 Å². The van der Waals surface area contributed by atoms with Crippen LogP contribution in [0.25, 0.3) is 10.8 Å². The van der Waals surface area contributed by atoms with Gasteiger partial charge in [-0.2, -0.15) is 0 Å². The van der Waals surface area contributed by atoms with Crippen molar-refractivity contribution in [3.63, 3.8) is 0 Å². The first-order valence-corrected chi connectivity index (χ1v) is 7.08. The highest BCUT2D eigenvalue weighted by atomic mass is 15.1. The largest absolute Gasteiger partial charge is 0.367 e. The lowest BCUT2D eigenvalue weighted by atomic mass is 10.1. The Kier molecular flexibility index (Phi) is 2.88. The zero-order chi connectivity index (χ0) is 14.1. The third-order valence-electron chi connectivity index (χ3n) is 3.52. The Morgan fingerprint density at radius 3 is 2.71 bits per heavy atom. The molecule has 0 atom stereocenters. The molecule has 104 valence electrons. The van der Waals surface area contributed by atoms with Crippen molar-refractivity contribution in [1.82, 2.24) is 15.0 Å². The van der Waals surface area contributed by atoms with Crippen molar-refractivity contribution in [3.05, 3.63) is 48.9 Å². The second-order valence-corrected chi connectivity index (χ2v) is 5.21. The highest BCUT2D eigenvalue weighted by Crippen LogP contribution is 2.26. The minimum absolute atomic E-state index is 0.573. The first-order chi connectivity index (χ1) is 10.4. The minimum Gasteiger partial charge on any atom is -0.367 e. The van der Waals surface area contributed by atoms with Gasteiger partial charge in [0, 0.05) is 23.7 Å². The van der Waals surface area contributed by atoms with Gasteiger partial charge in [0.15, 0.2) is 0 Å². The molecule has 2 heterocycles. The molecule has 0 radical (unpaired) electrons. The van der Waals surface area contributed by atoms with E-state index in [9.17, 15) is 0 Å². The zero-order valence-corrected chi connectivity index (χ0v) is 11.5. The number of pyridine rings is 1. The van der Waals surface area contributed by atoms with Crippen LogP contribution in [0.4, 0.5) is 17.5 Å². The first kappa shape index (κ1) is 12.1. The number of hydrogen-bond acceptors (Lipinski definition) is 5. The molecular formula is C16H15N5. The molecule has 0 aliphatic heterocycles. The van der Waals surface area contributed by atoms with Crippen molar-refractivity contribution < 1.29 is 0 Å². The van der Waals surface area contributed by atoms with Crippen LogP contribution in [0.2, 0.25) is 0 Å². The average molecular weight is 277 g/mol. The SMILES string of the molecule is c1ccc2c(Nc3cc(NC4CC4)ncn3)nccc2c1. The Morgan fingerprint density at radius 2 is 1.81 bits per heavy atom. The Balaban J connectivity index is 1.64. The molecule has 1 aliphatic carbocycles. The molecule has 1 fully saturated rings. The van der Waals surface area contributed by atoms with Crippen LogP contribution in [-0.4, -0.2) is 21.0 Å². The molecule has 2 aromatic heterocycles. The molecule has 2 N–H and O–H groups in total. The van der Waals surface area contributed by atoms with Gasteiger partial charge in [0.2, 0.25) is 0 Å². The Morgan fingerprint density at radius 1 is 0.952 bits per heavy atom. The molecule has 0 spiro atoms. The summed E-state index contributed by atoms with van der Waals surface area (Å²) in [5, 5.41) is 8.88. The van der Waals surface area contributed by atoms with E-state index in [1.54, 1.807) is 12.5 Å². The zero-order valence-electron chi connectivity index (χ0n) is 11.5. The van der Waals surface area contributed by atoms with E-state index in [1.165, 1.54) is 12.8 Å². The van der Waals surface area contributed by atoms with E-state index < -0.39 is 0 Å². The second-order valence-electron chi connectivity index (χ2n) is 5.21. The molecule has 1 saturated carbocycles. The highest BCUT2D eigenvalue weighted by Gasteiger charge is 2.21. The van der Waals surface area contributed by atoms with Gasteiger partial charge in [-0.15, -0.1) is 0 Å². The smallest absolute Gasteiger partial charge is 0.139 e. The number of fused-ring (bicyclic) bond motifs is 1. The monoisotopic (exact) mass is 277 g/mol. The van der Waals surface area contributed by atoms with E-state index in [-0.39, 0.29) is 0 Å². The summed E-state index contributed by atoms with van der Waals surface area (Å²) in [6, 6.07) is 12.6. The summed E-state index contributed by atoms with van der Waals surface area (Å²) in [6.07, 6.45) is 5.81. The van der Waals surface area contributed by atoms with Gasteiger partial charge in [0.1, 0.15) is 23.8 Å². The summed E-state index contributed by atoms with van der Waals surface area (Å²) in [5.74, 6) is 2.41. The Hall–Kier alpha value is -2.69. The van der Waals surface area contributed by atoms with Gasteiger partial charge < -0.3 is 10.6 Å². The minimum atomic E-state index is 0.573. The number of nitrogens with one attached hydrogen (secondary N) is 2. The quantitative estimate of drug-likeness (QED) is 0.765. The van der Waals surface area contributed by atoms with Crippen LogP contribution in [0.3, 0.4) is 0 Å². The molecule has 5 nitrogen and oxygen atoms in total. The van der Waals surface area contributed by atoms with Crippen LogP contribution in [0.1, 0.15) is 12.8 Å². The van der Waals surface area contributed by atoms with Gasteiger partial charge in [0.25, 0.3) is 0 Å². The van der Waals surface area contributed by atoms with Crippen molar-refractivity contribution in [2.75, 3.05) is 10.6 Å². The standard InChI is InChI=1S/C16H15N5/c1-2-4-13-11(3-1)7-8-17-16(13)21-15-9-14(18-10-19-15)20-12-5-6-12/h1-4,7-10,12H,5-6H2,(H2,17,18,19,20,21). The van der Waals surface area contributed by atoms with E-state index in [4.69, 9.17) is 0 Å². The van der Waals surface area contributed by atoms with Gasteiger partial charge in [-0.25, -0.2) is 15.0 Å². The number of hydrogen-bond donors (Lipinski definition) is 2. The van der Waals surface area contributed by atoms with Gasteiger partial charge in [-0.3, -0.25) is 0 Å². The van der Waals surface area contributed by atoms with E-state index in [0.29, 0.717) is 6.04 Å². The van der Waals surface area contributed by atoms with Crippen LogP contribution >= 0.6 is 0 Å². The number of aromatic nitrogens is 3. The van der Waals surface area contributed by atoms with Crippen LogP contribution < -0.4 is 10.6 Å². The van der Waals surface area contributed by atoms with Gasteiger partial charge in [-0.1, -0.05) is 24.3 Å². The van der Waals surface area contributed by atoms with Crippen LogP contribution in [0, 0.1) is 0 Å². The summed E-state index contributed by atoms with van der Waals surface area (Å²) >= 11 is 0. The van der Waals surface area contributed by atoms with Crippen LogP contribution in [-0.2, 0) is 0 Å². The molecule has 1 aromatic carbocycles. The molecule has 3 aromatic rings. The van der Waals surface area contributed by atoms with Crippen LogP contribution in [0.5, 0.6) is 0 Å². The van der Waals surface area contributed by atoms with E-state index in [0.717, 1.165) is 28.2 Å². The average Bonchev–Trinajstić information content (AvgIpc) is 3.32. The topological polar surface area (TPSA) is 62.7 Å². The fourth-order valence-electron chi connectivity index (χ4n) is 2.28. The maximum absolute atomic E-state index is 4.41. The predicted octanol–water partition coefficient (Wildman–Crippen LogP) is 3.34. The summed E-state index contributed by atoms with van der Waals surface area (Å²) in [4.78, 5) is 12.9. The fourth-order valence-corrected chi connectivity index (χ4v) is 2.28. The van der Waals surface area contributed by atoms with Gasteiger partial charge >= 0.3 is 0 Å². The molecule has 21 heavy (non-hydrogen) atoms. The number of nitrogens with zero attached hydrogens (tertiary/aromatic N) is 3. The molecule has 0 amide bonds. The van der Waals surface area contributed by atoms with Crippen molar-refractivity contribution in [3.8, 4) is 0 Å². The summed E-state index contributed by atoms with van der Waals surface area (Å²) in [7, 11) is 0. The van der Waals surface area contributed by atoms with Gasteiger partial charge in [-0.05, 0) is 24.3 Å². The van der Waals surface area contributed by atoms with Crippen molar-refractivity contribution in [2.45, 2.75) is 18.9 Å². The highest BCUT2D eigenvalue weighted by molar-refractivity contribution is 5.92. The molecule has 5 heteroatoms. The summed E-state index contributed by atoms with van der Waals surface area (Å²) in [5.41, 5.74) is 0. The molecule has 4 rings (SSSR count).